The summed E-state index contributed by atoms with van der Waals surface area (Å²) in [6.45, 7) is -0.764. The van der Waals surface area contributed by atoms with Gasteiger partial charge in [-0.25, -0.2) is 0 Å². The molecular formula is C15H29N3O9. The first kappa shape index (κ1) is 23.7. The maximum Gasteiger partial charge on any atom is 0.304 e. The smallest absolute Gasteiger partial charge is 0.304 e. The molecule has 1 aliphatic carbocycles. The number of aliphatic hydroxyl groups is 5. The highest BCUT2D eigenvalue weighted by Gasteiger charge is 2.48. The Labute approximate surface area is 155 Å². The second-order valence-corrected chi connectivity index (χ2v) is 6.49. The SMILES string of the molecule is O=C(O)CCN[C@@H]1[C@H](O)[C@H](NCCC(=O)O)[C@H](O)[C@H](NCC(O)CO)[C@@H]1O. The standard InChI is InChI=1S/C15H29N3O9/c19-6-7(20)5-18-12-14(26)10(16-3-1-8(21)22)13(25)11(15(12)27)17-4-2-9(23)24/h7,10-20,25-27H,1-6H2,(H,21,22)(H,23,24)/t7?,10-,11+,12-,13+,14-,15+. The monoisotopic (exact) mass is 395 g/mol. The van der Waals surface area contributed by atoms with Gasteiger partial charge in [-0.05, 0) is 0 Å². The van der Waals surface area contributed by atoms with E-state index in [2.05, 4.69) is 16.0 Å². The van der Waals surface area contributed by atoms with E-state index in [1.807, 2.05) is 0 Å². The van der Waals surface area contributed by atoms with Crippen LogP contribution < -0.4 is 16.0 Å². The van der Waals surface area contributed by atoms with Crippen molar-refractivity contribution in [2.45, 2.75) is 55.4 Å². The predicted molar refractivity (Wildman–Crippen MR) is 91.0 cm³/mol. The van der Waals surface area contributed by atoms with Gasteiger partial charge >= 0.3 is 11.9 Å². The van der Waals surface area contributed by atoms with Crippen LogP contribution in [0.15, 0.2) is 0 Å². The van der Waals surface area contributed by atoms with Crippen LogP contribution in [0.2, 0.25) is 0 Å². The minimum Gasteiger partial charge on any atom is -0.481 e. The number of carbonyl (C=O) groups is 2. The summed E-state index contributed by atoms with van der Waals surface area (Å²) in [5.41, 5.74) is 0. The zero-order chi connectivity index (χ0) is 20.6. The lowest BCUT2D eigenvalue weighted by molar-refractivity contribution is -0.137. The topological polar surface area (TPSA) is 212 Å². The summed E-state index contributed by atoms with van der Waals surface area (Å²) in [4.78, 5) is 21.3. The molecule has 1 saturated carbocycles. The number of rotatable bonds is 12. The van der Waals surface area contributed by atoms with Crippen LogP contribution in [-0.4, -0.2) is 116 Å². The average Bonchev–Trinajstić information content (AvgIpc) is 2.59. The quantitative estimate of drug-likeness (QED) is 0.151. The normalized spacial score (nSPS) is 32.2. The van der Waals surface area contributed by atoms with E-state index in [1.54, 1.807) is 0 Å². The van der Waals surface area contributed by atoms with Crippen LogP contribution in [0.5, 0.6) is 0 Å². The van der Waals surface area contributed by atoms with Crippen molar-refractivity contribution < 1.29 is 45.3 Å². The van der Waals surface area contributed by atoms with Gasteiger partial charge in [-0.3, -0.25) is 9.59 Å². The molecule has 1 aliphatic rings. The minimum absolute atomic E-state index is 0.0436. The van der Waals surface area contributed by atoms with Crippen molar-refractivity contribution in [2.24, 2.45) is 0 Å². The fourth-order valence-electron chi connectivity index (χ4n) is 3.03. The Hall–Kier alpha value is -1.38. The Morgan fingerprint density at radius 1 is 0.778 bits per heavy atom. The maximum absolute atomic E-state index is 10.7. The molecule has 0 radical (unpaired) electrons. The molecule has 12 heteroatoms. The fourth-order valence-corrected chi connectivity index (χ4v) is 3.03. The molecular weight excluding hydrogens is 366 g/mol. The maximum atomic E-state index is 10.7. The summed E-state index contributed by atoms with van der Waals surface area (Å²) in [7, 11) is 0. The molecule has 0 aromatic carbocycles. The average molecular weight is 395 g/mol. The predicted octanol–water partition coefficient (Wildman–Crippen LogP) is -4.74. The van der Waals surface area contributed by atoms with Crippen LogP contribution in [0.25, 0.3) is 0 Å². The van der Waals surface area contributed by atoms with E-state index in [4.69, 9.17) is 15.3 Å². The van der Waals surface area contributed by atoms with Gasteiger partial charge in [-0.15, -0.1) is 0 Å². The van der Waals surface area contributed by atoms with Gasteiger partial charge in [-0.1, -0.05) is 0 Å². The zero-order valence-electron chi connectivity index (χ0n) is 14.7. The number of hydrogen-bond donors (Lipinski definition) is 10. The van der Waals surface area contributed by atoms with Gasteiger partial charge in [0, 0.05) is 19.6 Å². The third-order valence-electron chi connectivity index (χ3n) is 4.45. The lowest BCUT2D eigenvalue weighted by atomic mass is 9.79. The number of nitrogens with one attached hydrogen (secondary N) is 3. The molecule has 0 saturated heterocycles. The molecule has 1 unspecified atom stereocenters. The van der Waals surface area contributed by atoms with Crippen LogP contribution in [0.3, 0.4) is 0 Å². The Morgan fingerprint density at radius 3 is 1.48 bits per heavy atom. The van der Waals surface area contributed by atoms with E-state index >= 15 is 0 Å². The van der Waals surface area contributed by atoms with Gasteiger partial charge in [0.15, 0.2) is 0 Å². The van der Waals surface area contributed by atoms with Crippen LogP contribution >= 0.6 is 0 Å². The van der Waals surface area contributed by atoms with Crippen molar-refractivity contribution >= 4 is 11.9 Å². The molecule has 12 nitrogen and oxygen atoms in total. The van der Waals surface area contributed by atoms with Gasteiger partial charge < -0.3 is 51.7 Å². The van der Waals surface area contributed by atoms with Crippen molar-refractivity contribution in [3.63, 3.8) is 0 Å². The molecule has 0 heterocycles. The highest BCUT2D eigenvalue weighted by molar-refractivity contribution is 5.67. The van der Waals surface area contributed by atoms with Crippen molar-refractivity contribution in [3.05, 3.63) is 0 Å². The third-order valence-corrected chi connectivity index (χ3v) is 4.45. The molecule has 10 N–H and O–H groups in total. The van der Waals surface area contributed by atoms with Gasteiger partial charge in [-0.2, -0.15) is 0 Å². The molecule has 0 aliphatic heterocycles. The second-order valence-electron chi connectivity index (χ2n) is 6.49. The van der Waals surface area contributed by atoms with Gasteiger partial charge in [0.1, 0.15) is 0 Å². The van der Waals surface area contributed by atoms with Crippen LogP contribution in [-0.2, 0) is 9.59 Å². The molecule has 27 heavy (non-hydrogen) atoms. The van der Waals surface area contributed by atoms with E-state index in [0.717, 1.165) is 0 Å². The lowest BCUT2D eigenvalue weighted by Crippen LogP contribution is -2.74. The summed E-state index contributed by atoms with van der Waals surface area (Å²) >= 11 is 0. The largest absolute Gasteiger partial charge is 0.481 e. The zero-order valence-corrected chi connectivity index (χ0v) is 14.7. The summed E-state index contributed by atoms with van der Waals surface area (Å²) in [5, 5.41) is 75.5. The van der Waals surface area contributed by atoms with Crippen molar-refractivity contribution in [1.82, 2.24) is 16.0 Å². The van der Waals surface area contributed by atoms with Gasteiger partial charge in [0.2, 0.25) is 0 Å². The highest BCUT2D eigenvalue weighted by atomic mass is 16.4. The molecule has 1 rings (SSSR count). The number of aliphatic carboxylic acids is 2. The van der Waals surface area contributed by atoms with E-state index in [0.29, 0.717) is 0 Å². The Balaban J connectivity index is 2.86. The molecule has 7 atom stereocenters. The summed E-state index contributed by atoms with van der Waals surface area (Å²) in [6, 6.07) is -3.06. The van der Waals surface area contributed by atoms with Crippen LogP contribution in [0, 0.1) is 0 Å². The highest BCUT2D eigenvalue weighted by Crippen LogP contribution is 2.22. The minimum atomic E-state index is -1.34. The molecule has 0 aromatic heterocycles. The number of hydrogen-bond acceptors (Lipinski definition) is 10. The molecule has 0 aromatic rings. The van der Waals surface area contributed by atoms with E-state index < -0.39 is 61.1 Å². The summed E-state index contributed by atoms with van der Waals surface area (Å²) in [6.07, 6.45) is -5.65. The Kier molecular flexibility index (Phi) is 10.0. The van der Waals surface area contributed by atoms with Gasteiger partial charge in [0.05, 0.1) is 62.0 Å². The van der Waals surface area contributed by atoms with Crippen LogP contribution in [0.1, 0.15) is 12.8 Å². The first-order valence-electron chi connectivity index (χ1n) is 8.65. The van der Waals surface area contributed by atoms with E-state index in [-0.39, 0.29) is 32.5 Å². The Bertz CT molecular complexity index is 447. The molecule has 158 valence electrons. The molecule has 0 bridgehead atoms. The third kappa shape index (κ3) is 7.27. The number of carboxylic acid groups (broad SMARTS) is 2. The lowest BCUT2D eigenvalue weighted by Gasteiger charge is -2.47. The Morgan fingerprint density at radius 2 is 1.15 bits per heavy atom. The molecule has 1 fully saturated rings. The summed E-state index contributed by atoms with van der Waals surface area (Å²) in [5.74, 6) is -2.14. The first-order chi connectivity index (χ1) is 12.7. The van der Waals surface area contributed by atoms with Gasteiger partial charge in [0.25, 0.3) is 0 Å². The van der Waals surface area contributed by atoms with Crippen molar-refractivity contribution in [2.75, 3.05) is 26.2 Å². The van der Waals surface area contributed by atoms with Crippen molar-refractivity contribution in [1.29, 1.82) is 0 Å². The number of carboxylic acids is 2. The second kappa shape index (κ2) is 11.5. The molecule has 0 amide bonds. The van der Waals surface area contributed by atoms with E-state index in [9.17, 15) is 30.0 Å². The van der Waals surface area contributed by atoms with Crippen molar-refractivity contribution in [3.8, 4) is 0 Å². The van der Waals surface area contributed by atoms with Crippen LogP contribution in [0.4, 0.5) is 0 Å². The fraction of sp³-hybridized carbons (Fsp3) is 0.867. The van der Waals surface area contributed by atoms with E-state index in [1.165, 1.54) is 0 Å². The summed E-state index contributed by atoms with van der Waals surface area (Å²) < 4.78 is 0. The molecule has 0 spiro atoms. The number of aliphatic hydroxyl groups excluding tert-OH is 5. The first-order valence-corrected chi connectivity index (χ1v) is 8.65.